The molecule has 3 aliphatic rings. The third kappa shape index (κ3) is 3.06. The number of aliphatic hydroxyl groups excluding tert-OH is 1. The highest BCUT2D eigenvalue weighted by Gasteiger charge is 2.26. The first kappa shape index (κ1) is 16.3. The van der Waals surface area contributed by atoms with Crippen LogP contribution in [0.2, 0.25) is 0 Å². The predicted octanol–water partition coefficient (Wildman–Crippen LogP) is 1.29. The van der Waals surface area contributed by atoms with Crippen molar-refractivity contribution in [2.45, 2.75) is 37.8 Å². The number of nitrogens with one attached hydrogen (secondary N) is 2. The summed E-state index contributed by atoms with van der Waals surface area (Å²) < 4.78 is 1.79. The third-order valence-corrected chi connectivity index (χ3v) is 5.22. The van der Waals surface area contributed by atoms with Crippen LogP contribution in [-0.2, 0) is 4.79 Å². The Morgan fingerprint density at radius 2 is 2.22 bits per heavy atom. The molecular formula is C19H22N6O2. The van der Waals surface area contributed by atoms with Crippen molar-refractivity contribution in [3.63, 3.8) is 0 Å². The molecule has 8 heteroatoms. The van der Waals surface area contributed by atoms with Crippen molar-refractivity contribution in [2.75, 3.05) is 23.3 Å². The Balaban J connectivity index is 1.59. The summed E-state index contributed by atoms with van der Waals surface area (Å²) in [5, 5.41) is 20.6. The normalized spacial score (nSPS) is 24.3. The molecule has 5 rings (SSSR count). The fourth-order valence-corrected chi connectivity index (χ4v) is 3.62. The molecule has 0 bridgehead atoms. The molecule has 0 unspecified atom stereocenters. The van der Waals surface area contributed by atoms with E-state index in [4.69, 9.17) is 4.98 Å². The van der Waals surface area contributed by atoms with E-state index in [0.717, 1.165) is 43.0 Å². The van der Waals surface area contributed by atoms with E-state index in [1.54, 1.807) is 10.7 Å². The van der Waals surface area contributed by atoms with Gasteiger partial charge in [0.15, 0.2) is 5.65 Å². The number of anilines is 2. The number of aliphatic hydroxyl groups is 1. The second-order valence-electron chi connectivity index (χ2n) is 7.55. The Morgan fingerprint density at radius 1 is 1.37 bits per heavy atom. The number of hydrogen-bond acceptors (Lipinski definition) is 6. The van der Waals surface area contributed by atoms with Crippen LogP contribution in [-0.4, -0.2) is 50.8 Å². The molecule has 140 valence electrons. The molecule has 0 aromatic carbocycles. The summed E-state index contributed by atoms with van der Waals surface area (Å²) in [6, 6.07) is 2.47. The van der Waals surface area contributed by atoms with Gasteiger partial charge in [0, 0.05) is 48.5 Å². The van der Waals surface area contributed by atoms with Crippen molar-refractivity contribution in [2.24, 2.45) is 0 Å². The minimum Gasteiger partial charge on any atom is -0.391 e. The molecule has 2 aliphatic heterocycles. The van der Waals surface area contributed by atoms with E-state index in [1.165, 1.54) is 0 Å². The number of β-amino-alcohol motifs (C(OH)–C–C–N with tert-alkyl or cyclic N) is 1. The molecule has 3 fully saturated rings. The first-order valence-corrected chi connectivity index (χ1v) is 9.35. The monoisotopic (exact) mass is 366 g/mol. The average Bonchev–Trinajstić information content (AvgIpc) is 3.04. The Morgan fingerprint density at radius 3 is 2.89 bits per heavy atom. The number of nitrogens with zero attached hydrogens (tertiary/aromatic N) is 4. The van der Waals surface area contributed by atoms with Gasteiger partial charge in [-0.3, -0.25) is 4.79 Å². The van der Waals surface area contributed by atoms with E-state index >= 15 is 0 Å². The molecule has 1 saturated carbocycles. The standard InChI is InChI=1S/C19H22N6O2/c1-11-6-12(19(27)21-11)7-13-9-20-25-17(22-14-2-3-14)8-16(23-18(13)25)24-5-4-15(26)10-24/h7-9,14-15,22,26H,1-6,10H2,(H,21,27)/b12-7+/t15-/m0/s1. The largest absolute Gasteiger partial charge is 0.391 e. The summed E-state index contributed by atoms with van der Waals surface area (Å²) in [5.74, 6) is 1.60. The van der Waals surface area contributed by atoms with Crippen LogP contribution in [0.4, 0.5) is 11.6 Å². The molecule has 1 amide bonds. The van der Waals surface area contributed by atoms with E-state index in [2.05, 4.69) is 27.2 Å². The van der Waals surface area contributed by atoms with Crippen molar-refractivity contribution in [3.8, 4) is 0 Å². The lowest BCUT2D eigenvalue weighted by molar-refractivity contribution is -0.115. The lowest BCUT2D eigenvalue weighted by Gasteiger charge is -2.18. The van der Waals surface area contributed by atoms with Gasteiger partial charge in [-0.05, 0) is 25.3 Å². The van der Waals surface area contributed by atoms with Crippen molar-refractivity contribution < 1.29 is 9.90 Å². The Hall–Kier alpha value is -2.87. The number of carbonyl (C=O) groups excluding carboxylic acids is 1. The lowest BCUT2D eigenvalue weighted by Crippen LogP contribution is -2.23. The van der Waals surface area contributed by atoms with Crippen molar-refractivity contribution in [1.82, 2.24) is 19.9 Å². The zero-order valence-corrected chi connectivity index (χ0v) is 15.0. The number of rotatable bonds is 4. The molecule has 0 spiro atoms. The highest BCUT2D eigenvalue weighted by Crippen LogP contribution is 2.30. The van der Waals surface area contributed by atoms with Crippen molar-refractivity contribution >= 4 is 29.3 Å². The molecular weight excluding hydrogens is 344 g/mol. The van der Waals surface area contributed by atoms with Gasteiger partial charge < -0.3 is 20.6 Å². The fourth-order valence-electron chi connectivity index (χ4n) is 3.62. The number of amides is 1. The molecule has 27 heavy (non-hydrogen) atoms. The van der Waals surface area contributed by atoms with E-state index in [-0.39, 0.29) is 12.0 Å². The zero-order valence-electron chi connectivity index (χ0n) is 15.0. The van der Waals surface area contributed by atoms with Gasteiger partial charge in [0.25, 0.3) is 5.91 Å². The van der Waals surface area contributed by atoms with Gasteiger partial charge in [-0.2, -0.15) is 9.61 Å². The summed E-state index contributed by atoms with van der Waals surface area (Å²) in [4.78, 5) is 18.9. The summed E-state index contributed by atoms with van der Waals surface area (Å²) in [6.45, 7) is 5.18. The third-order valence-electron chi connectivity index (χ3n) is 5.22. The van der Waals surface area contributed by atoms with Crippen LogP contribution < -0.4 is 15.5 Å². The molecule has 3 N–H and O–H groups in total. The molecule has 8 nitrogen and oxygen atoms in total. The summed E-state index contributed by atoms with van der Waals surface area (Å²) >= 11 is 0. The van der Waals surface area contributed by atoms with Crippen LogP contribution in [0.1, 0.15) is 31.2 Å². The number of fused-ring (bicyclic) bond motifs is 1. The Kier molecular flexibility index (Phi) is 3.68. The molecule has 1 atom stereocenters. The Labute approximate surface area is 156 Å². The van der Waals surface area contributed by atoms with Crippen LogP contribution in [0, 0.1) is 0 Å². The highest BCUT2D eigenvalue weighted by molar-refractivity contribution is 6.02. The summed E-state index contributed by atoms with van der Waals surface area (Å²) in [6.07, 6.45) is 6.83. The van der Waals surface area contributed by atoms with E-state index in [9.17, 15) is 9.90 Å². The maximum atomic E-state index is 12.0. The minimum absolute atomic E-state index is 0.116. The van der Waals surface area contributed by atoms with Gasteiger partial charge in [0.1, 0.15) is 11.6 Å². The number of carbonyl (C=O) groups is 1. The van der Waals surface area contributed by atoms with E-state index in [0.29, 0.717) is 35.9 Å². The number of hydrogen-bond donors (Lipinski definition) is 3. The first-order chi connectivity index (χ1) is 13.1. The molecule has 2 saturated heterocycles. The molecule has 0 radical (unpaired) electrons. The summed E-state index contributed by atoms with van der Waals surface area (Å²) in [5.41, 5.74) is 2.87. The molecule has 1 aliphatic carbocycles. The van der Waals surface area contributed by atoms with Crippen LogP contribution in [0.25, 0.3) is 11.7 Å². The second kappa shape index (κ2) is 6.09. The van der Waals surface area contributed by atoms with Crippen LogP contribution in [0.5, 0.6) is 0 Å². The summed E-state index contributed by atoms with van der Waals surface area (Å²) in [7, 11) is 0. The lowest BCUT2D eigenvalue weighted by atomic mass is 10.1. The zero-order chi connectivity index (χ0) is 18.5. The first-order valence-electron chi connectivity index (χ1n) is 9.35. The van der Waals surface area contributed by atoms with Gasteiger partial charge in [0.05, 0.1) is 12.3 Å². The fraction of sp³-hybridized carbons (Fsp3) is 0.421. The SMILES string of the molecule is C=C1C/C(=C\c2cnn3c(NC4CC4)cc(N4CC[C@H](O)C4)nc23)C(=O)N1. The van der Waals surface area contributed by atoms with Crippen LogP contribution >= 0.6 is 0 Å². The maximum Gasteiger partial charge on any atom is 0.251 e. The van der Waals surface area contributed by atoms with E-state index < -0.39 is 0 Å². The number of aromatic nitrogens is 3. The maximum absolute atomic E-state index is 12.0. The molecule has 2 aromatic rings. The van der Waals surface area contributed by atoms with Crippen molar-refractivity contribution in [3.05, 3.63) is 35.7 Å². The smallest absolute Gasteiger partial charge is 0.251 e. The average molecular weight is 366 g/mol. The van der Waals surface area contributed by atoms with Gasteiger partial charge in [-0.1, -0.05) is 6.58 Å². The van der Waals surface area contributed by atoms with E-state index in [1.807, 2.05) is 12.1 Å². The predicted molar refractivity (Wildman–Crippen MR) is 102 cm³/mol. The molecule has 2 aromatic heterocycles. The Bertz CT molecular complexity index is 974. The topological polar surface area (TPSA) is 94.8 Å². The number of allylic oxidation sites excluding steroid dienone is 1. The molecule has 4 heterocycles. The van der Waals surface area contributed by atoms with Gasteiger partial charge >= 0.3 is 0 Å². The van der Waals surface area contributed by atoms with Crippen LogP contribution in [0.3, 0.4) is 0 Å². The second-order valence-corrected chi connectivity index (χ2v) is 7.55. The quantitative estimate of drug-likeness (QED) is 0.706. The highest BCUT2D eigenvalue weighted by atomic mass is 16.3. The van der Waals surface area contributed by atoms with Crippen LogP contribution in [0.15, 0.2) is 30.1 Å². The van der Waals surface area contributed by atoms with Gasteiger partial charge in [-0.15, -0.1) is 0 Å². The minimum atomic E-state index is -0.317. The van der Waals surface area contributed by atoms with Gasteiger partial charge in [0.2, 0.25) is 0 Å². The van der Waals surface area contributed by atoms with Gasteiger partial charge in [-0.25, -0.2) is 4.98 Å². The van der Waals surface area contributed by atoms with Crippen molar-refractivity contribution in [1.29, 1.82) is 0 Å².